The molecule has 0 radical (unpaired) electrons. The topological polar surface area (TPSA) is 54.5 Å². The first-order valence-electron chi connectivity index (χ1n) is 6.61. The normalized spacial score (nSPS) is 10.2. The monoisotopic (exact) mass is 305 g/mol. The molecule has 1 aromatic heterocycles. The molecule has 1 aromatic carbocycles. The third-order valence-corrected chi connectivity index (χ3v) is 3.81. The summed E-state index contributed by atoms with van der Waals surface area (Å²) in [6.07, 6.45) is 0. The van der Waals surface area contributed by atoms with Gasteiger partial charge in [0.1, 0.15) is 5.75 Å². The SMILES string of the molecule is COc1cccc(CNC(=O)N(C)Cc2csc(C)n2)c1. The van der Waals surface area contributed by atoms with Crippen molar-refractivity contribution in [3.05, 3.63) is 45.9 Å². The summed E-state index contributed by atoms with van der Waals surface area (Å²) in [6.45, 7) is 2.93. The van der Waals surface area contributed by atoms with Crippen LogP contribution in [0, 0.1) is 6.92 Å². The van der Waals surface area contributed by atoms with Gasteiger partial charge >= 0.3 is 6.03 Å². The van der Waals surface area contributed by atoms with Crippen molar-refractivity contribution in [3.8, 4) is 5.75 Å². The fraction of sp³-hybridized carbons (Fsp3) is 0.333. The number of aromatic nitrogens is 1. The number of thiazole rings is 1. The number of carbonyl (C=O) groups excluding carboxylic acids is 1. The Morgan fingerprint density at radius 2 is 2.29 bits per heavy atom. The number of aryl methyl sites for hydroxylation is 1. The van der Waals surface area contributed by atoms with E-state index < -0.39 is 0 Å². The number of amides is 2. The Labute approximate surface area is 128 Å². The third-order valence-electron chi connectivity index (χ3n) is 2.99. The second kappa shape index (κ2) is 7.08. The average Bonchev–Trinajstić information content (AvgIpc) is 2.90. The molecule has 2 aromatic rings. The van der Waals surface area contributed by atoms with Crippen LogP contribution in [-0.2, 0) is 13.1 Å². The molecule has 0 aliphatic carbocycles. The van der Waals surface area contributed by atoms with E-state index in [1.165, 1.54) is 0 Å². The minimum atomic E-state index is -0.122. The van der Waals surface area contributed by atoms with E-state index >= 15 is 0 Å². The second-order valence-electron chi connectivity index (χ2n) is 4.72. The van der Waals surface area contributed by atoms with E-state index in [2.05, 4.69) is 10.3 Å². The zero-order valence-electron chi connectivity index (χ0n) is 12.4. The van der Waals surface area contributed by atoms with Crippen LogP contribution in [0.2, 0.25) is 0 Å². The minimum absolute atomic E-state index is 0.122. The van der Waals surface area contributed by atoms with Gasteiger partial charge in [0, 0.05) is 19.0 Å². The fourth-order valence-corrected chi connectivity index (χ4v) is 2.49. The fourth-order valence-electron chi connectivity index (χ4n) is 1.89. The molecule has 5 nitrogen and oxygen atoms in total. The summed E-state index contributed by atoms with van der Waals surface area (Å²) in [6, 6.07) is 7.52. The highest BCUT2D eigenvalue weighted by molar-refractivity contribution is 7.09. The minimum Gasteiger partial charge on any atom is -0.497 e. The Morgan fingerprint density at radius 1 is 1.48 bits per heavy atom. The standard InChI is InChI=1S/C15H19N3O2S/c1-11-17-13(10-21-11)9-18(2)15(19)16-8-12-5-4-6-14(7-12)20-3/h4-7,10H,8-9H2,1-3H3,(H,16,19). The summed E-state index contributed by atoms with van der Waals surface area (Å²) in [5.41, 5.74) is 1.91. The summed E-state index contributed by atoms with van der Waals surface area (Å²) in [5, 5.41) is 5.87. The Bertz CT molecular complexity index is 612. The molecule has 0 unspecified atom stereocenters. The van der Waals surface area contributed by atoms with Crippen molar-refractivity contribution < 1.29 is 9.53 Å². The molecule has 1 heterocycles. The van der Waals surface area contributed by atoms with Crippen LogP contribution >= 0.6 is 11.3 Å². The van der Waals surface area contributed by atoms with Crippen molar-refractivity contribution in [2.24, 2.45) is 0 Å². The highest BCUT2D eigenvalue weighted by atomic mass is 32.1. The number of hydrogen-bond donors (Lipinski definition) is 1. The number of nitrogens with zero attached hydrogens (tertiary/aromatic N) is 2. The van der Waals surface area contributed by atoms with Gasteiger partial charge in [-0.15, -0.1) is 11.3 Å². The molecule has 6 heteroatoms. The Morgan fingerprint density at radius 3 is 2.95 bits per heavy atom. The van der Waals surface area contributed by atoms with Gasteiger partial charge in [-0.2, -0.15) is 0 Å². The highest BCUT2D eigenvalue weighted by Crippen LogP contribution is 2.12. The molecule has 0 saturated heterocycles. The van der Waals surface area contributed by atoms with Gasteiger partial charge in [0.25, 0.3) is 0 Å². The van der Waals surface area contributed by atoms with Crippen LogP contribution in [0.5, 0.6) is 5.75 Å². The van der Waals surface area contributed by atoms with Gasteiger partial charge in [0.15, 0.2) is 0 Å². The second-order valence-corrected chi connectivity index (χ2v) is 5.79. The Kier molecular flexibility index (Phi) is 5.16. The van der Waals surface area contributed by atoms with Crippen molar-refractivity contribution in [1.29, 1.82) is 0 Å². The Hall–Kier alpha value is -2.08. The van der Waals surface area contributed by atoms with Crippen LogP contribution in [0.15, 0.2) is 29.6 Å². The van der Waals surface area contributed by atoms with Crippen molar-refractivity contribution >= 4 is 17.4 Å². The molecule has 1 N–H and O–H groups in total. The first kappa shape index (κ1) is 15.3. The van der Waals surface area contributed by atoms with Crippen molar-refractivity contribution in [2.75, 3.05) is 14.2 Å². The number of methoxy groups -OCH3 is 1. The molecule has 112 valence electrons. The number of nitrogens with one attached hydrogen (secondary N) is 1. The molecule has 0 aliphatic rings. The van der Waals surface area contributed by atoms with Crippen LogP contribution in [0.1, 0.15) is 16.3 Å². The quantitative estimate of drug-likeness (QED) is 0.924. The smallest absolute Gasteiger partial charge is 0.317 e. The molecular weight excluding hydrogens is 286 g/mol. The maximum atomic E-state index is 12.0. The van der Waals surface area contributed by atoms with E-state index in [0.29, 0.717) is 13.1 Å². The summed E-state index contributed by atoms with van der Waals surface area (Å²) >= 11 is 1.59. The summed E-state index contributed by atoms with van der Waals surface area (Å²) < 4.78 is 5.16. The average molecular weight is 305 g/mol. The van der Waals surface area contributed by atoms with E-state index in [1.54, 1.807) is 30.4 Å². The summed E-state index contributed by atoms with van der Waals surface area (Å²) in [4.78, 5) is 18.0. The molecule has 2 rings (SSSR count). The van der Waals surface area contributed by atoms with E-state index in [4.69, 9.17) is 4.74 Å². The predicted octanol–water partition coefficient (Wildman–Crippen LogP) is 2.80. The van der Waals surface area contributed by atoms with Crippen molar-refractivity contribution in [3.63, 3.8) is 0 Å². The lowest BCUT2D eigenvalue weighted by atomic mass is 10.2. The lowest BCUT2D eigenvalue weighted by molar-refractivity contribution is 0.206. The van der Waals surface area contributed by atoms with Crippen molar-refractivity contribution in [1.82, 2.24) is 15.2 Å². The number of benzene rings is 1. The molecule has 2 amide bonds. The van der Waals surface area contributed by atoms with Gasteiger partial charge in [-0.05, 0) is 24.6 Å². The van der Waals surface area contributed by atoms with Crippen LogP contribution in [-0.4, -0.2) is 30.1 Å². The van der Waals surface area contributed by atoms with E-state index in [9.17, 15) is 4.79 Å². The lowest BCUT2D eigenvalue weighted by Gasteiger charge is -2.17. The predicted molar refractivity (Wildman–Crippen MR) is 83.5 cm³/mol. The van der Waals surface area contributed by atoms with E-state index in [0.717, 1.165) is 22.0 Å². The van der Waals surface area contributed by atoms with Crippen LogP contribution in [0.3, 0.4) is 0 Å². The zero-order chi connectivity index (χ0) is 15.2. The number of urea groups is 1. The molecule has 21 heavy (non-hydrogen) atoms. The number of rotatable bonds is 5. The lowest BCUT2D eigenvalue weighted by Crippen LogP contribution is -2.36. The van der Waals surface area contributed by atoms with Gasteiger partial charge in [-0.25, -0.2) is 9.78 Å². The van der Waals surface area contributed by atoms with E-state index in [1.807, 2.05) is 36.6 Å². The third kappa shape index (κ3) is 4.46. The Balaban J connectivity index is 1.85. The maximum Gasteiger partial charge on any atom is 0.317 e. The van der Waals surface area contributed by atoms with Gasteiger partial charge in [0.05, 0.1) is 24.4 Å². The van der Waals surface area contributed by atoms with Gasteiger partial charge in [-0.1, -0.05) is 12.1 Å². The first-order valence-corrected chi connectivity index (χ1v) is 7.49. The molecule has 0 saturated carbocycles. The molecule has 0 spiro atoms. The molecule has 0 atom stereocenters. The number of hydrogen-bond acceptors (Lipinski definition) is 4. The van der Waals surface area contributed by atoms with Gasteiger partial charge in [-0.3, -0.25) is 0 Å². The molecule has 0 aliphatic heterocycles. The zero-order valence-corrected chi connectivity index (χ0v) is 13.2. The first-order chi connectivity index (χ1) is 10.1. The number of ether oxygens (including phenoxy) is 1. The van der Waals surface area contributed by atoms with Gasteiger partial charge < -0.3 is 15.0 Å². The molecule has 0 bridgehead atoms. The summed E-state index contributed by atoms with van der Waals surface area (Å²) in [5.74, 6) is 0.785. The van der Waals surface area contributed by atoms with Crippen LogP contribution in [0.4, 0.5) is 4.79 Å². The van der Waals surface area contributed by atoms with Gasteiger partial charge in [0.2, 0.25) is 0 Å². The van der Waals surface area contributed by atoms with E-state index in [-0.39, 0.29) is 6.03 Å². The largest absolute Gasteiger partial charge is 0.497 e. The number of carbonyl (C=O) groups is 1. The van der Waals surface area contributed by atoms with Crippen LogP contribution in [0.25, 0.3) is 0 Å². The maximum absolute atomic E-state index is 12.0. The summed E-state index contributed by atoms with van der Waals surface area (Å²) in [7, 11) is 3.39. The van der Waals surface area contributed by atoms with Crippen molar-refractivity contribution in [2.45, 2.75) is 20.0 Å². The van der Waals surface area contributed by atoms with Crippen LogP contribution < -0.4 is 10.1 Å². The molecular formula is C15H19N3O2S. The molecule has 0 fully saturated rings. The highest BCUT2D eigenvalue weighted by Gasteiger charge is 2.10.